The van der Waals surface area contributed by atoms with Gasteiger partial charge < -0.3 is 10.1 Å². The number of benzene rings is 1. The third kappa shape index (κ3) is 2.96. The molecule has 2 bridgehead atoms. The summed E-state index contributed by atoms with van der Waals surface area (Å²) in [6.45, 7) is 0.193. The lowest BCUT2D eigenvalue weighted by molar-refractivity contribution is -0.122. The molecule has 0 aliphatic heterocycles. The smallest absolute Gasteiger partial charge is 0.240 e. The van der Waals surface area contributed by atoms with E-state index in [0.29, 0.717) is 22.6 Å². The fourth-order valence-corrected chi connectivity index (χ4v) is 6.25. The van der Waals surface area contributed by atoms with Gasteiger partial charge in [0.1, 0.15) is 12.3 Å². The Morgan fingerprint density at radius 1 is 1.25 bits per heavy atom. The first kappa shape index (κ1) is 17.9. The van der Waals surface area contributed by atoms with Crippen LogP contribution in [0.5, 0.6) is 5.75 Å². The van der Waals surface area contributed by atoms with Crippen LogP contribution in [-0.4, -0.2) is 33.8 Å². The molecule has 0 spiro atoms. The third-order valence-corrected chi connectivity index (χ3v) is 7.49. The summed E-state index contributed by atoms with van der Waals surface area (Å²) in [4.78, 5) is 12.8. The number of nitrogens with zero attached hydrogens (tertiary/aromatic N) is 2. The molecular formula is C21H26N4O2S. The van der Waals surface area contributed by atoms with Gasteiger partial charge in [-0.2, -0.15) is 5.10 Å². The molecule has 3 aliphatic carbocycles. The summed E-state index contributed by atoms with van der Waals surface area (Å²) in [5.74, 6) is 4.76. The van der Waals surface area contributed by atoms with Gasteiger partial charge in [0.25, 0.3) is 0 Å². The third-order valence-electron chi connectivity index (χ3n) is 7.18. The number of carbonyl (C=O) groups is 1. The predicted molar refractivity (Wildman–Crippen MR) is 108 cm³/mol. The highest BCUT2D eigenvalue weighted by Gasteiger charge is 2.53. The Balaban J connectivity index is 1.29. The second-order valence-corrected chi connectivity index (χ2v) is 8.88. The van der Waals surface area contributed by atoms with Crippen LogP contribution in [0.1, 0.15) is 32.1 Å². The second kappa shape index (κ2) is 7.03. The molecular weight excluding hydrogens is 372 g/mol. The van der Waals surface area contributed by atoms with Gasteiger partial charge in [0.2, 0.25) is 5.91 Å². The molecule has 5 rings (SSSR count). The summed E-state index contributed by atoms with van der Waals surface area (Å²) >= 11 is 5.38. The topological polar surface area (TPSA) is 71.9 Å². The number of H-pyrrole nitrogens is 1. The monoisotopic (exact) mass is 398 g/mol. The maximum Gasteiger partial charge on any atom is 0.240 e. The summed E-state index contributed by atoms with van der Waals surface area (Å²) < 4.78 is 7.45. The van der Waals surface area contributed by atoms with Gasteiger partial charge in [-0.05, 0) is 85.8 Å². The molecule has 1 aromatic carbocycles. The Hall–Kier alpha value is -2.15. The maximum absolute atomic E-state index is 12.8. The van der Waals surface area contributed by atoms with E-state index in [-0.39, 0.29) is 12.5 Å². The maximum atomic E-state index is 12.8. The zero-order chi connectivity index (χ0) is 19.3. The molecule has 1 heterocycles. The van der Waals surface area contributed by atoms with Crippen molar-refractivity contribution in [2.45, 2.75) is 44.7 Å². The number of amides is 1. The highest BCUT2D eigenvalue weighted by Crippen LogP contribution is 2.58. The first-order valence-electron chi connectivity index (χ1n) is 10.2. The molecule has 1 aromatic heterocycles. The quantitative estimate of drug-likeness (QED) is 0.756. The standard InChI is InChI=1S/C21H26N4O2S/c1-27-14-7-5-12(6-8-14)20-23-24-21(28)25(20)11-19(26)22-18-10-13-9-17(18)16-4-2-3-15(13)16/h5-8,13,15-18H,2-4,9-11H2,1H3,(H,22,26)(H,24,28)/t13-,15-,16+,17+,18-/m1/s1. The molecule has 7 heteroatoms. The van der Waals surface area contributed by atoms with E-state index >= 15 is 0 Å². The molecule has 2 N–H and O–H groups in total. The van der Waals surface area contributed by atoms with Crippen LogP contribution < -0.4 is 10.1 Å². The predicted octanol–water partition coefficient (Wildman–Crippen LogP) is 3.56. The lowest BCUT2D eigenvalue weighted by Crippen LogP contribution is -2.43. The van der Waals surface area contributed by atoms with Crippen molar-refractivity contribution in [3.63, 3.8) is 0 Å². The molecule has 0 radical (unpaired) electrons. The lowest BCUT2D eigenvalue weighted by atomic mass is 9.79. The van der Waals surface area contributed by atoms with Gasteiger partial charge in [0.05, 0.1) is 7.11 Å². The lowest BCUT2D eigenvalue weighted by Gasteiger charge is -2.32. The largest absolute Gasteiger partial charge is 0.497 e. The first-order chi connectivity index (χ1) is 13.6. The van der Waals surface area contributed by atoms with E-state index in [2.05, 4.69) is 15.5 Å². The molecule has 28 heavy (non-hydrogen) atoms. The summed E-state index contributed by atoms with van der Waals surface area (Å²) in [7, 11) is 1.64. The Labute approximate surface area is 169 Å². The number of hydrogen-bond donors (Lipinski definition) is 2. The van der Waals surface area contributed by atoms with Gasteiger partial charge in [-0.15, -0.1) is 0 Å². The van der Waals surface area contributed by atoms with Crippen LogP contribution in [0.3, 0.4) is 0 Å². The molecule has 3 saturated carbocycles. The molecule has 6 nitrogen and oxygen atoms in total. The molecule has 2 aromatic rings. The summed E-state index contributed by atoms with van der Waals surface area (Å²) in [5, 5.41) is 10.5. The highest BCUT2D eigenvalue weighted by atomic mass is 32.1. The van der Waals surface area contributed by atoms with Gasteiger partial charge in [0.15, 0.2) is 10.6 Å². The zero-order valence-electron chi connectivity index (χ0n) is 16.1. The van der Waals surface area contributed by atoms with Crippen molar-refractivity contribution in [2.75, 3.05) is 7.11 Å². The van der Waals surface area contributed by atoms with E-state index in [0.717, 1.165) is 35.5 Å². The van der Waals surface area contributed by atoms with E-state index in [1.807, 2.05) is 24.3 Å². The van der Waals surface area contributed by atoms with Gasteiger partial charge in [0, 0.05) is 11.6 Å². The number of rotatable bonds is 5. The number of carbonyl (C=O) groups excluding carboxylic acids is 1. The molecule has 5 atom stereocenters. The van der Waals surface area contributed by atoms with Crippen LogP contribution in [0.15, 0.2) is 24.3 Å². The minimum absolute atomic E-state index is 0.0272. The zero-order valence-corrected chi connectivity index (χ0v) is 16.9. The van der Waals surface area contributed by atoms with Crippen LogP contribution in [-0.2, 0) is 11.3 Å². The van der Waals surface area contributed by atoms with Crippen molar-refractivity contribution < 1.29 is 9.53 Å². The number of ether oxygens (including phenoxy) is 1. The van der Waals surface area contributed by atoms with Gasteiger partial charge in [-0.3, -0.25) is 14.5 Å². The van der Waals surface area contributed by atoms with E-state index < -0.39 is 0 Å². The summed E-state index contributed by atoms with van der Waals surface area (Å²) in [5.41, 5.74) is 0.898. The minimum Gasteiger partial charge on any atom is -0.497 e. The van der Waals surface area contributed by atoms with Crippen LogP contribution >= 0.6 is 12.2 Å². The van der Waals surface area contributed by atoms with Crippen LogP contribution in [0.2, 0.25) is 0 Å². The number of aromatic amines is 1. The number of methoxy groups -OCH3 is 1. The van der Waals surface area contributed by atoms with Crippen LogP contribution in [0.25, 0.3) is 11.4 Å². The Morgan fingerprint density at radius 3 is 2.82 bits per heavy atom. The van der Waals surface area contributed by atoms with E-state index in [4.69, 9.17) is 17.0 Å². The van der Waals surface area contributed by atoms with Crippen molar-refractivity contribution >= 4 is 18.1 Å². The number of hydrogen-bond acceptors (Lipinski definition) is 4. The normalized spacial score (nSPS) is 30.4. The first-order valence-corrected chi connectivity index (χ1v) is 10.6. The SMILES string of the molecule is COc1ccc(-c2n[nH]c(=S)n2CC(=O)N[C@@H]2C[C@H]3C[C@H]2[C@H]2CCC[C@H]32)cc1. The van der Waals surface area contributed by atoms with Crippen molar-refractivity contribution in [1.82, 2.24) is 20.1 Å². The molecule has 3 fully saturated rings. The Kier molecular flexibility index (Phi) is 4.50. The number of nitrogens with one attached hydrogen (secondary N) is 2. The van der Waals surface area contributed by atoms with Crippen molar-refractivity contribution in [3.8, 4) is 17.1 Å². The van der Waals surface area contributed by atoms with Crippen molar-refractivity contribution in [1.29, 1.82) is 0 Å². The fourth-order valence-electron chi connectivity index (χ4n) is 6.05. The average Bonchev–Trinajstić information content (AvgIpc) is 3.45. The molecule has 148 valence electrons. The van der Waals surface area contributed by atoms with Gasteiger partial charge in [-0.25, -0.2) is 0 Å². The van der Waals surface area contributed by atoms with Gasteiger partial charge >= 0.3 is 0 Å². The number of aromatic nitrogens is 3. The van der Waals surface area contributed by atoms with E-state index in [1.165, 1.54) is 25.7 Å². The molecule has 0 saturated heterocycles. The average molecular weight is 399 g/mol. The fraction of sp³-hybridized carbons (Fsp3) is 0.571. The van der Waals surface area contributed by atoms with Crippen molar-refractivity contribution in [2.24, 2.45) is 23.7 Å². The Bertz CT molecular complexity index is 935. The number of fused-ring (bicyclic) bond motifs is 5. The highest BCUT2D eigenvalue weighted by molar-refractivity contribution is 7.71. The minimum atomic E-state index is 0.0272. The molecule has 0 unspecified atom stereocenters. The summed E-state index contributed by atoms with van der Waals surface area (Å²) in [6, 6.07) is 7.94. The molecule has 1 amide bonds. The second-order valence-electron chi connectivity index (χ2n) is 8.49. The van der Waals surface area contributed by atoms with Crippen LogP contribution in [0, 0.1) is 28.4 Å². The van der Waals surface area contributed by atoms with Gasteiger partial charge in [-0.1, -0.05) is 6.42 Å². The van der Waals surface area contributed by atoms with Crippen LogP contribution in [0.4, 0.5) is 0 Å². The van der Waals surface area contributed by atoms with E-state index in [9.17, 15) is 4.79 Å². The molecule has 3 aliphatic rings. The Morgan fingerprint density at radius 2 is 2.04 bits per heavy atom. The van der Waals surface area contributed by atoms with E-state index in [1.54, 1.807) is 11.7 Å². The van der Waals surface area contributed by atoms with Crippen molar-refractivity contribution in [3.05, 3.63) is 29.0 Å². The summed E-state index contributed by atoms with van der Waals surface area (Å²) in [6.07, 6.45) is 6.59.